The number of nitrogens with one attached hydrogen (secondary N) is 2. The molecule has 0 bridgehead atoms. The smallest absolute Gasteiger partial charge is 0.283 e. The third kappa shape index (κ3) is 6.86. The molecule has 2 heterocycles. The normalized spacial score (nSPS) is 11.3. The molecule has 174 valence electrons. The van der Waals surface area contributed by atoms with Crippen LogP contribution < -0.4 is 15.6 Å². The van der Waals surface area contributed by atoms with Crippen molar-refractivity contribution in [2.75, 3.05) is 18.9 Å². The van der Waals surface area contributed by atoms with Crippen LogP contribution in [0.5, 0.6) is 5.75 Å². The molecule has 0 radical (unpaired) electrons. The number of aromatic amines is 1. The summed E-state index contributed by atoms with van der Waals surface area (Å²) in [5, 5.41) is 11.8. The number of fused-ring (bicyclic) bond motifs is 1. The van der Waals surface area contributed by atoms with Crippen LogP contribution in [0.15, 0.2) is 46.5 Å². The van der Waals surface area contributed by atoms with Crippen molar-refractivity contribution < 1.29 is 9.53 Å². The first-order valence-electron chi connectivity index (χ1n) is 10.9. The molecule has 8 nitrogen and oxygen atoms in total. The number of H-pyrrole nitrogens is 1. The van der Waals surface area contributed by atoms with E-state index in [4.69, 9.17) is 10.00 Å². The molecule has 0 atom stereocenters. The molecule has 0 aliphatic rings. The first-order chi connectivity index (χ1) is 15.8. The van der Waals surface area contributed by atoms with Crippen molar-refractivity contribution >= 4 is 28.7 Å². The average Bonchev–Trinajstić information content (AvgIpc) is 3.25. The summed E-state index contributed by atoms with van der Waals surface area (Å²) in [7, 11) is 0. The van der Waals surface area contributed by atoms with Crippen LogP contribution in [-0.2, 0) is 4.79 Å². The van der Waals surface area contributed by atoms with Gasteiger partial charge in [0.1, 0.15) is 11.3 Å². The summed E-state index contributed by atoms with van der Waals surface area (Å²) in [5.41, 5.74) is 1.63. The standard InChI is InChI=1S/C24H29N5O3S/c1-24(2,3)16-32-18-9-7-17(8-10-18)29-22(31)21-19(11-14-27-21)28-23(29)33-15-4-6-20(30)26-13-5-12-25/h7-11,14,27H,4-6,13,15-16H2,1-3H3,(H,26,30). The summed E-state index contributed by atoms with van der Waals surface area (Å²) < 4.78 is 7.43. The largest absolute Gasteiger partial charge is 0.493 e. The van der Waals surface area contributed by atoms with Gasteiger partial charge in [-0.3, -0.25) is 14.2 Å². The molecule has 0 aliphatic heterocycles. The van der Waals surface area contributed by atoms with Gasteiger partial charge in [0.25, 0.3) is 5.56 Å². The van der Waals surface area contributed by atoms with Crippen molar-refractivity contribution in [3.8, 4) is 17.5 Å². The van der Waals surface area contributed by atoms with Crippen LogP contribution in [0.4, 0.5) is 0 Å². The number of nitriles is 1. The number of carbonyl (C=O) groups is 1. The third-order valence-electron chi connectivity index (χ3n) is 4.65. The minimum absolute atomic E-state index is 0.0502. The zero-order chi connectivity index (χ0) is 23.8. The summed E-state index contributed by atoms with van der Waals surface area (Å²) >= 11 is 1.44. The lowest BCUT2D eigenvalue weighted by Gasteiger charge is -2.19. The van der Waals surface area contributed by atoms with E-state index in [1.54, 1.807) is 16.8 Å². The Bertz CT molecular complexity index is 1190. The highest BCUT2D eigenvalue weighted by atomic mass is 32.2. The van der Waals surface area contributed by atoms with Gasteiger partial charge >= 0.3 is 0 Å². The Morgan fingerprint density at radius 3 is 2.73 bits per heavy atom. The number of aromatic nitrogens is 3. The van der Waals surface area contributed by atoms with Crippen LogP contribution in [0.2, 0.25) is 0 Å². The fourth-order valence-electron chi connectivity index (χ4n) is 3.04. The number of carbonyl (C=O) groups excluding carboxylic acids is 1. The van der Waals surface area contributed by atoms with E-state index in [1.165, 1.54) is 11.8 Å². The fourth-order valence-corrected chi connectivity index (χ4v) is 3.99. The molecular formula is C24H29N5O3S. The van der Waals surface area contributed by atoms with Gasteiger partial charge in [-0.25, -0.2) is 4.98 Å². The van der Waals surface area contributed by atoms with Crippen LogP contribution >= 0.6 is 11.8 Å². The molecule has 33 heavy (non-hydrogen) atoms. The number of rotatable bonds is 10. The lowest BCUT2D eigenvalue weighted by Crippen LogP contribution is -2.24. The number of amides is 1. The Morgan fingerprint density at radius 2 is 2.03 bits per heavy atom. The maximum absolute atomic E-state index is 13.2. The Labute approximate surface area is 197 Å². The molecule has 2 N–H and O–H groups in total. The Balaban J connectivity index is 1.75. The second kappa shape index (κ2) is 11.1. The van der Waals surface area contributed by atoms with E-state index in [0.717, 1.165) is 5.75 Å². The van der Waals surface area contributed by atoms with E-state index >= 15 is 0 Å². The summed E-state index contributed by atoms with van der Waals surface area (Å²) in [5.74, 6) is 1.29. The third-order valence-corrected chi connectivity index (χ3v) is 5.68. The van der Waals surface area contributed by atoms with Gasteiger partial charge in [0, 0.05) is 24.9 Å². The first kappa shape index (κ1) is 24.4. The molecule has 2 aromatic heterocycles. The monoisotopic (exact) mass is 467 g/mol. The van der Waals surface area contributed by atoms with Gasteiger partial charge in [0.05, 0.1) is 30.3 Å². The number of hydrogen-bond donors (Lipinski definition) is 2. The van der Waals surface area contributed by atoms with E-state index in [9.17, 15) is 9.59 Å². The van der Waals surface area contributed by atoms with E-state index in [1.807, 2.05) is 30.3 Å². The van der Waals surface area contributed by atoms with Crippen LogP contribution in [0.3, 0.4) is 0 Å². The van der Waals surface area contributed by atoms with E-state index in [0.29, 0.717) is 60.0 Å². The quantitative estimate of drug-likeness (QED) is 0.264. The van der Waals surface area contributed by atoms with Crippen molar-refractivity contribution in [1.29, 1.82) is 5.26 Å². The van der Waals surface area contributed by atoms with E-state index in [-0.39, 0.29) is 16.9 Å². The molecule has 3 rings (SSSR count). The van der Waals surface area contributed by atoms with Crippen LogP contribution in [-0.4, -0.2) is 39.3 Å². The molecule has 0 unspecified atom stereocenters. The molecule has 0 spiro atoms. The van der Waals surface area contributed by atoms with Crippen molar-refractivity contribution in [3.63, 3.8) is 0 Å². The maximum atomic E-state index is 13.2. The Kier molecular flexibility index (Phi) is 8.17. The first-order valence-corrected chi connectivity index (χ1v) is 11.9. The molecule has 3 aromatic rings. The van der Waals surface area contributed by atoms with Crippen LogP contribution in [0.1, 0.15) is 40.0 Å². The van der Waals surface area contributed by atoms with Crippen LogP contribution in [0, 0.1) is 16.7 Å². The summed E-state index contributed by atoms with van der Waals surface area (Å²) in [6.07, 6.45) is 2.98. The molecule has 0 saturated heterocycles. The molecule has 9 heteroatoms. The van der Waals surface area contributed by atoms with Crippen molar-refractivity contribution in [1.82, 2.24) is 19.9 Å². The Hall–Kier alpha value is -3.25. The predicted octanol–water partition coefficient (Wildman–Crippen LogP) is 4.04. The molecule has 0 fully saturated rings. The van der Waals surface area contributed by atoms with Gasteiger partial charge in [-0.1, -0.05) is 32.5 Å². The highest BCUT2D eigenvalue weighted by Gasteiger charge is 2.15. The lowest BCUT2D eigenvalue weighted by atomic mass is 9.99. The van der Waals surface area contributed by atoms with Crippen LogP contribution in [0.25, 0.3) is 16.7 Å². The highest BCUT2D eigenvalue weighted by molar-refractivity contribution is 7.99. The summed E-state index contributed by atoms with van der Waals surface area (Å²) in [6.45, 7) is 7.28. The van der Waals surface area contributed by atoms with E-state index < -0.39 is 0 Å². The number of thioether (sulfide) groups is 1. The van der Waals surface area contributed by atoms with Crippen molar-refractivity contribution in [3.05, 3.63) is 46.9 Å². The minimum atomic E-state index is -0.176. The van der Waals surface area contributed by atoms with Gasteiger partial charge < -0.3 is 15.0 Å². The fraction of sp³-hybridized carbons (Fsp3) is 0.417. The van der Waals surface area contributed by atoms with Crippen molar-refractivity contribution in [2.45, 2.75) is 45.2 Å². The van der Waals surface area contributed by atoms with Crippen molar-refractivity contribution in [2.24, 2.45) is 5.41 Å². The topological polar surface area (TPSA) is 113 Å². The van der Waals surface area contributed by atoms with Gasteiger partial charge in [-0.05, 0) is 42.2 Å². The SMILES string of the molecule is CC(C)(C)COc1ccc(-n2c(SCCCC(=O)NCCC#N)nc3cc[nH]c3c2=O)cc1. The van der Waals surface area contributed by atoms with E-state index in [2.05, 4.69) is 36.1 Å². The number of ether oxygens (including phenoxy) is 1. The molecule has 1 aromatic carbocycles. The average molecular weight is 468 g/mol. The highest BCUT2D eigenvalue weighted by Crippen LogP contribution is 2.24. The zero-order valence-electron chi connectivity index (χ0n) is 19.2. The number of nitrogens with zero attached hydrogens (tertiary/aromatic N) is 3. The maximum Gasteiger partial charge on any atom is 0.283 e. The zero-order valence-corrected chi connectivity index (χ0v) is 20.0. The van der Waals surface area contributed by atoms with Gasteiger partial charge in [-0.15, -0.1) is 0 Å². The van der Waals surface area contributed by atoms with Gasteiger partial charge in [-0.2, -0.15) is 5.26 Å². The molecule has 1 amide bonds. The second-order valence-corrected chi connectivity index (χ2v) is 9.89. The number of hydrogen-bond acceptors (Lipinski definition) is 6. The predicted molar refractivity (Wildman–Crippen MR) is 130 cm³/mol. The molecule has 0 saturated carbocycles. The lowest BCUT2D eigenvalue weighted by molar-refractivity contribution is -0.121. The van der Waals surface area contributed by atoms with Gasteiger partial charge in [0.15, 0.2) is 5.16 Å². The molecular weight excluding hydrogens is 438 g/mol. The minimum Gasteiger partial charge on any atom is -0.493 e. The number of benzene rings is 1. The summed E-state index contributed by atoms with van der Waals surface area (Å²) in [4.78, 5) is 32.7. The molecule has 0 aliphatic carbocycles. The second-order valence-electron chi connectivity index (χ2n) is 8.83. The summed E-state index contributed by atoms with van der Waals surface area (Å²) in [6, 6.07) is 11.2. The van der Waals surface area contributed by atoms with Gasteiger partial charge in [0.2, 0.25) is 5.91 Å². The Morgan fingerprint density at radius 1 is 1.27 bits per heavy atom.